The van der Waals surface area contributed by atoms with Gasteiger partial charge in [0.15, 0.2) is 0 Å². The lowest BCUT2D eigenvalue weighted by molar-refractivity contribution is 0.0910. The van der Waals surface area contributed by atoms with Gasteiger partial charge in [0.2, 0.25) is 0 Å². The Morgan fingerprint density at radius 3 is 2.95 bits per heavy atom. The molecule has 0 spiro atoms. The van der Waals surface area contributed by atoms with Crippen LogP contribution in [0.15, 0.2) is 12.3 Å². The average Bonchev–Trinajstić information content (AvgIpc) is 3.15. The van der Waals surface area contributed by atoms with Gasteiger partial charge >= 0.3 is 0 Å². The van der Waals surface area contributed by atoms with Crippen LogP contribution in [0.1, 0.15) is 49.1 Å². The van der Waals surface area contributed by atoms with Gasteiger partial charge in [0.05, 0.1) is 5.02 Å². The van der Waals surface area contributed by atoms with Gasteiger partial charge in [-0.25, -0.2) is 0 Å². The summed E-state index contributed by atoms with van der Waals surface area (Å²) in [6.45, 7) is 3.16. The minimum atomic E-state index is -0.000602. The van der Waals surface area contributed by atoms with Crippen molar-refractivity contribution < 1.29 is 4.79 Å². The Bertz CT molecular complexity index is 481. The summed E-state index contributed by atoms with van der Waals surface area (Å²) < 4.78 is 2.03. The second-order valence-corrected chi connectivity index (χ2v) is 6.08. The Morgan fingerprint density at radius 1 is 1.47 bits per heavy atom. The molecule has 1 saturated carbocycles. The third kappa shape index (κ3) is 2.79. The highest BCUT2D eigenvalue weighted by Crippen LogP contribution is 2.37. The number of rotatable bonds is 3. The van der Waals surface area contributed by atoms with E-state index in [1.807, 2.05) is 10.8 Å². The molecule has 5 heteroatoms. The SMILES string of the molecule is CC1NCCCC1NC(=O)c1cc(Cl)cn1C1CC1. The number of amides is 1. The number of nitrogens with one attached hydrogen (secondary N) is 2. The third-order valence-electron chi connectivity index (χ3n) is 4.07. The summed E-state index contributed by atoms with van der Waals surface area (Å²) in [5, 5.41) is 7.18. The Hall–Kier alpha value is -1.00. The molecule has 1 saturated heterocycles. The smallest absolute Gasteiger partial charge is 0.268 e. The van der Waals surface area contributed by atoms with Crippen LogP contribution in [0, 0.1) is 0 Å². The van der Waals surface area contributed by atoms with Crippen molar-refractivity contribution in [2.24, 2.45) is 0 Å². The molecular weight excluding hydrogens is 262 g/mol. The van der Waals surface area contributed by atoms with Crippen LogP contribution < -0.4 is 10.6 Å². The maximum atomic E-state index is 12.4. The minimum absolute atomic E-state index is 0.000602. The third-order valence-corrected chi connectivity index (χ3v) is 4.27. The van der Waals surface area contributed by atoms with Crippen molar-refractivity contribution >= 4 is 17.5 Å². The van der Waals surface area contributed by atoms with Gasteiger partial charge < -0.3 is 15.2 Å². The largest absolute Gasteiger partial charge is 0.346 e. The molecule has 1 aliphatic heterocycles. The van der Waals surface area contributed by atoms with Crippen LogP contribution in [0.2, 0.25) is 5.02 Å². The van der Waals surface area contributed by atoms with Crippen molar-refractivity contribution in [1.29, 1.82) is 0 Å². The number of hydrogen-bond acceptors (Lipinski definition) is 2. The van der Waals surface area contributed by atoms with E-state index >= 15 is 0 Å². The highest BCUT2D eigenvalue weighted by molar-refractivity contribution is 6.31. The van der Waals surface area contributed by atoms with Gasteiger partial charge in [0.25, 0.3) is 5.91 Å². The molecule has 1 aliphatic carbocycles. The van der Waals surface area contributed by atoms with Gasteiger partial charge in [-0.2, -0.15) is 0 Å². The second kappa shape index (κ2) is 5.17. The number of piperidine rings is 1. The molecule has 0 radical (unpaired) electrons. The van der Waals surface area contributed by atoms with Crippen molar-refractivity contribution in [3.05, 3.63) is 23.0 Å². The number of hydrogen-bond donors (Lipinski definition) is 2. The van der Waals surface area contributed by atoms with E-state index in [9.17, 15) is 4.79 Å². The van der Waals surface area contributed by atoms with E-state index in [1.165, 1.54) is 0 Å². The first kappa shape index (κ1) is 13.0. The topological polar surface area (TPSA) is 46.1 Å². The Labute approximate surface area is 118 Å². The summed E-state index contributed by atoms with van der Waals surface area (Å²) in [5.41, 5.74) is 0.699. The lowest BCUT2D eigenvalue weighted by Gasteiger charge is -2.30. The van der Waals surface area contributed by atoms with Crippen LogP contribution in [0.5, 0.6) is 0 Å². The molecule has 2 fully saturated rings. The molecule has 0 aromatic carbocycles. The summed E-state index contributed by atoms with van der Waals surface area (Å²) in [6.07, 6.45) is 6.31. The van der Waals surface area contributed by atoms with Gasteiger partial charge in [-0.05, 0) is 45.2 Å². The van der Waals surface area contributed by atoms with E-state index in [2.05, 4.69) is 17.6 Å². The maximum absolute atomic E-state index is 12.4. The van der Waals surface area contributed by atoms with E-state index in [1.54, 1.807) is 6.07 Å². The number of nitrogens with zero attached hydrogens (tertiary/aromatic N) is 1. The fourth-order valence-corrected chi connectivity index (χ4v) is 2.97. The zero-order valence-corrected chi connectivity index (χ0v) is 11.9. The highest BCUT2D eigenvalue weighted by Gasteiger charge is 2.29. The summed E-state index contributed by atoms with van der Waals surface area (Å²) >= 11 is 6.04. The summed E-state index contributed by atoms with van der Waals surface area (Å²) in [6, 6.07) is 2.78. The van der Waals surface area contributed by atoms with E-state index in [4.69, 9.17) is 11.6 Å². The van der Waals surface area contributed by atoms with Gasteiger partial charge in [-0.1, -0.05) is 11.6 Å². The lowest BCUT2D eigenvalue weighted by atomic mass is 10.00. The fourth-order valence-electron chi connectivity index (χ4n) is 2.77. The van der Waals surface area contributed by atoms with Crippen LogP contribution in [0.3, 0.4) is 0 Å². The first-order valence-corrected chi connectivity index (χ1v) is 7.44. The van der Waals surface area contributed by atoms with E-state index < -0.39 is 0 Å². The normalized spacial score (nSPS) is 27.3. The summed E-state index contributed by atoms with van der Waals surface area (Å²) in [7, 11) is 0. The number of halogens is 1. The fraction of sp³-hybridized carbons (Fsp3) is 0.643. The summed E-state index contributed by atoms with van der Waals surface area (Å²) in [4.78, 5) is 12.4. The molecule has 0 bridgehead atoms. The van der Waals surface area contributed by atoms with Crippen LogP contribution in [-0.2, 0) is 0 Å². The van der Waals surface area contributed by atoms with Gasteiger partial charge in [-0.3, -0.25) is 4.79 Å². The number of carbonyl (C=O) groups is 1. The number of aromatic nitrogens is 1. The van der Waals surface area contributed by atoms with Gasteiger partial charge in [0, 0.05) is 24.3 Å². The molecule has 104 valence electrons. The quantitative estimate of drug-likeness (QED) is 0.893. The van der Waals surface area contributed by atoms with Crippen LogP contribution >= 0.6 is 11.6 Å². The zero-order valence-electron chi connectivity index (χ0n) is 11.2. The monoisotopic (exact) mass is 281 g/mol. The molecule has 2 N–H and O–H groups in total. The average molecular weight is 282 g/mol. The van der Waals surface area contributed by atoms with Crippen molar-refractivity contribution in [2.75, 3.05) is 6.54 Å². The van der Waals surface area contributed by atoms with Crippen LogP contribution in [0.25, 0.3) is 0 Å². The minimum Gasteiger partial charge on any atom is -0.346 e. The van der Waals surface area contributed by atoms with E-state index in [-0.39, 0.29) is 11.9 Å². The molecule has 1 aromatic rings. The Balaban J connectivity index is 1.72. The molecule has 2 heterocycles. The highest BCUT2D eigenvalue weighted by atomic mass is 35.5. The zero-order chi connectivity index (χ0) is 13.4. The molecule has 2 atom stereocenters. The Kier molecular flexibility index (Phi) is 3.54. The predicted molar refractivity (Wildman–Crippen MR) is 75.7 cm³/mol. The van der Waals surface area contributed by atoms with E-state index in [0.29, 0.717) is 22.8 Å². The summed E-state index contributed by atoms with van der Waals surface area (Å²) in [5.74, 6) is -0.000602. The lowest BCUT2D eigenvalue weighted by Crippen LogP contribution is -2.52. The van der Waals surface area contributed by atoms with Gasteiger partial charge in [-0.15, -0.1) is 0 Å². The van der Waals surface area contributed by atoms with Crippen molar-refractivity contribution in [3.63, 3.8) is 0 Å². The van der Waals surface area contributed by atoms with Crippen molar-refractivity contribution in [1.82, 2.24) is 15.2 Å². The van der Waals surface area contributed by atoms with Crippen molar-refractivity contribution in [2.45, 2.75) is 50.7 Å². The van der Waals surface area contributed by atoms with Crippen LogP contribution in [0.4, 0.5) is 0 Å². The molecule has 2 aliphatic rings. The number of carbonyl (C=O) groups excluding carboxylic acids is 1. The van der Waals surface area contributed by atoms with E-state index in [0.717, 1.165) is 32.2 Å². The molecule has 19 heavy (non-hydrogen) atoms. The first-order valence-electron chi connectivity index (χ1n) is 7.07. The molecular formula is C14H20ClN3O. The van der Waals surface area contributed by atoms with Gasteiger partial charge in [0.1, 0.15) is 5.69 Å². The standard InChI is InChI=1S/C14H20ClN3O/c1-9-12(3-2-6-16-9)17-14(19)13-7-10(15)8-18(13)11-4-5-11/h7-9,11-12,16H,2-6H2,1H3,(H,17,19). The molecule has 4 nitrogen and oxygen atoms in total. The molecule has 1 amide bonds. The molecule has 2 unspecified atom stereocenters. The van der Waals surface area contributed by atoms with Crippen LogP contribution in [-0.4, -0.2) is 29.1 Å². The van der Waals surface area contributed by atoms with Crippen molar-refractivity contribution in [3.8, 4) is 0 Å². The molecule has 3 rings (SSSR count). The Morgan fingerprint density at radius 2 is 2.26 bits per heavy atom. The second-order valence-electron chi connectivity index (χ2n) is 5.65. The first-order chi connectivity index (χ1) is 9.15. The molecule has 1 aromatic heterocycles. The predicted octanol–water partition coefficient (Wildman–Crippen LogP) is 2.35. The maximum Gasteiger partial charge on any atom is 0.268 e.